The largest absolute Gasteiger partial charge is 0.494 e. The van der Waals surface area contributed by atoms with E-state index in [-0.39, 0.29) is 5.57 Å². The van der Waals surface area contributed by atoms with Crippen LogP contribution >= 0.6 is 27.5 Å². The Labute approximate surface area is 228 Å². The fraction of sp³-hybridized carbons (Fsp3) is 0.179. The van der Waals surface area contributed by atoms with Crippen LogP contribution < -0.4 is 19.7 Å². The van der Waals surface area contributed by atoms with Gasteiger partial charge in [-0.1, -0.05) is 59.1 Å². The first-order valence-electron chi connectivity index (χ1n) is 11.7. The predicted octanol–water partition coefficient (Wildman–Crippen LogP) is 6.53. The molecule has 1 N–H and O–H groups in total. The van der Waals surface area contributed by atoms with E-state index in [0.717, 1.165) is 27.8 Å². The smallest absolute Gasteiger partial charge is 0.335 e. The number of hydrogen-bond acceptors (Lipinski definition) is 5. The van der Waals surface area contributed by atoms with E-state index in [0.29, 0.717) is 41.0 Å². The minimum absolute atomic E-state index is 0.192. The molecule has 37 heavy (non-hydrogen) atoms. The van der Waals surface area contributed by atoms with Crippen molar-refractivity contribution < 1.29 is 23.9 Å². The highest BCUT2D eigenvalue weighted by Gasteiger charge is 2.36. The third-order valence-corrected chi connectivity index (χ3v) is 6.36. The van der Waals surface area contributed by atoms with Crippen molar-refractivity contribution >= 4 is 57.1 Å². The lowest BCUT2D eigenvalue weighted by atomic mass is 10.1. The zero-order chi connectivity index (χ0) is 26.4. The Kier molecular flexibility index (Phi) is 8.63. The average molecular weight is 584 g/mol. The molecule has 3 aromatic carbocycles. The molecule has 1 aliphatic rings. The van der Waals surface area contributed by atoms with Gasteiger partial charge in [-0.25, -0.2) is 9.69 Å². The van der Waals surface area contributed by atoms with Crippen molar-refractivity contribution in [2.24, 2.45) is 0 Å². The molecule has 0 unspecified atom stereocenters. The van der Waals surface area contributed by atoms with Crippen molar-refractivity contribution in [1.82, 2.24) is 5.32 Å². The second-order valence-electron chi connectivity index (χ2n) is 8.26. The van der Waals surface area contributed by atoms with Crippen molar-refractivity contribution in [1.29, 1.82) is 0 Å². The van der Waals surface area contributed by atoms with Gasteiger partial charge in [0, 0.05) is 4.47 Å². The molecule has 7 nitrogen and oxygen atoms in total. The van der Waals surface area contributed by atoms with E-state index in [2.05, 4.69) is 28.2 Å². The van der Waals surface area contributed by atoms with Crippen molar-refractivity contribution in [3.8, 4) is 11.5 Å². The molecule has 1 fully saturated rings. The Morgan fingerprint density at radius 2 is 1.70 bits per heavy atom. The van der Waals surface area contributed by atoms with Gasteiger partial charge in [-0.2, -0.15) is 0 Å². The molecule has 0 radical (unpaired) electrons. The first-order valence-corrected chi connectivity index (χ1v) is 12.8. The van der Waals surface area contributed by atoms with Crippen LogP contribution in [0.1, 0.15) is 30.9 Å². The minimum Gasteiger partial charge on any atom is -0.494 e. The van der Waals surface area contributed by atoms with Gasteiger partial charge in [0.15, 0.2) is 0 Å². The van der Waals surface area contributed by atoms with Gasteiger partial charge >= 0.3 is 6.03 Å². The van der Waals surface area contributed by atoms with Gasteiger partial charge in [0.1, 0.15) is 23.7 Å². The monoisotopic (exact) mass is 582 g/mol. The van der Waals surface area contributed by atoms with Gasteiger partial charge in [0.05, 0.1) is 17.3 Å². The molecule has 0 bridgehead atoms. The molecule has 0 saturated carbocycles. The molecule has 0 aromatic heterocycles. The fourth-order valence-corrected chi connectivity index (χ4v) is 4.06. The summed E-state index contributed by atoms with van der Waals surface area (Å²) in [5.74, 6) is -0.423. The molecule has 190 valence electrons. The topological polar surface area (TPSA) is 84.9 Å². The van der Waals surface area contributed by atoms with Gasteiger partial charge in [-0.05, 0) is 72.2 Å². The van der Waals surface area contributed by atoms with E-state index >= 15 is 0 Å². The fourth-order valence-electron chi connectivity index (χ4n) is 3.55. The summed E-state index contributed by atoms with van der Waals surface area (Å²) in [4.78, 5) is 39.1. The second-order valence-corrected chi connectivity index (χ2v) is 9.58. The van der Waals surface area contributed by atoms with E-state index in [1.807, 2.05) is 24.3 Å². The van der Waals surface area contributed by atoms with Gasteiger partial charge < -0.3 is 9.47 Å². The number of unbranched alkanes of at least 4 members (excludes halogenated alkanes) is 1. The third kappa shape index (κ3) is 6.58. The van der Waals surface area contributed by atoms with E-state index in [9.17, 15) is 14.4 Å². The van der Waals surface area contributed by atoms with Crippen LogP contribution in [-0.2, 0) is 16.2 Å². The number of carbonyl (C=O) groups excluding carboxylic acids is 3. The summed E-state index contributed by atoms with van der Waals surface area (Å²) < 4.78 is 12.4. The quantitative estimate of drug-likeness (QED) is 0.176. The first-order chi connectivity index (χ1) is 17.9. The maximum absolute atomic E-state index is 13.2. The van der Waals surface area contributed by atoms with E-state index in [1.165, 1.54) is 6.08 Å². The van der Waals surface area contributed by atoms with Crippen LogP contribution in [0.4, 0.5) is 10.5 Å². The Morgan fingerprint density at radius 3 is 2.38 bits per heavy atom. The van der Waals surface area contributed by atoms with Crippen LogP contribution in [0.15, 0.2) is 76.8 Å². The van der Waals surface area contributed by atoms with Gasteiger partial charge in [0.2, 0.25) is 0 Å². The Bertz CT molecular complexity index is 1340. The van der Waals surface area contributed by atoms with Crippen molar-refractivity contribution in [2.75, 3.05) is 11.5 Å². The zero-order valence-electron chi connectivity index (χ0n) is 20.0. The molecule has 0 spiro atoms. The summed E-state index contributed by atoms with van der Waals surface area (Å²) in [6, 6.07) is 18.4. The molecular weight excluding hydrogens is 560 g/mol. The number of nitrogens with one attached hydrogen (secondary N) is 1. The van der Waals surface area contributed by atoms with Gasteiger partial charge in [-0.15, -0.1) is 0 Å². The highest BCUT2D eigenvalue weighted by molar-refractivity contribution is 9.10. The van der Waals surface area contributed by atoms with Gasteiger partial charge in [-0.3, -0.25) is 14.9 Å². The minimum atomic E-state index is -0.818. The number of ether oxygens (including phenoxy) is 2. The maximum atomic E-state index is 13.2. The Morgan fingerprint density at radius 1 is 0.973 bits per heavy atom. The summed E-state index contributed by atoms with van der Waals surface area (Å²) in [6.45, 7) is 2.98. The molecule has 4 amide bonds. The van der Waals surface area contributed by atoms with Crippen molar-refractivity contribution in [3.63, 3.8) is 0 Å². The maximum Gasteiger partial charge on any atom is 0.335 e. The summed E-state index contributed by atoms with van der Waals surface area (Å²) in [5.41, 5.74) is 1.61. The molecule has 1 heterocycles. The summed E-state index contributed by atoms with van der Waals surface area (Å²) in [6.07, 6.45) is 3.33. The number of carbonyl (C=O) groups is 3. The number of rotatable bonds is 9. The van der Waals surface area contributed by atoms with Crippen LogP contribution in [0, 0.1) is 0 Å². The second kappa shape index (κ2) is 12.1. The predicted molar refractivity (Wildman–Crippen MR) is 146 cm³/mol. The van der Waals surface area contributed by atoms with Crippen LogP contribution in [0.25, 0.3) is 6.08 Å². The highest BCUT2D eigenvalue weighted by Crippen LogP contribution is 2.29. The van der Waals surface area contributed by atoms with Crippen molar-refractivity contribution in [2.45, 2.75) is 26.4 Å². The zero-order valence-corrected chi connectivity index (χ0v) is 22.3. The Balaban J connectivity index is 1.50. The highest BCUT2D eigenvalue weighted by atomic mass is 79.9. The standard InChI is InChI=1S/C28H24BrClN2O5/c1-2-3-14-36-22-11-9-21(10-12-22)32-27(34)23(26(33)31-28(32)35)15-19-6-13-25(24(30)16-19)37-17-18-4-7-20(29)8-5-18/h4-13,15-16H,2-3,14,17H2,1H3,(H,31,33,35)/b23-15-. The number of nitrogens with zero attached hydrogens (tertiary/aromatic N) is 1. The lowest BCUT2D eigenvalue weighted by Crippen LogP contribution is -2.54. The number of amides is 4. The van der Waals surface area contributed by atoms with E-state index in [1.54, 1.807) is 42.5 Å². The van der Waals surface area contributed by atoms with Crippen LogP contribution in [-0.4, -0.2) is 24.5 Å². The lowest BCUT2D eigenvalue weighted by Gasteiger charge is -2.26. The van der Waals surface area contributed by atoms with Crippen LogP contribution in [0.3, 0.4) is 0 Å². The Hall–Kier alpha value is -3.62. The summed E-state index contributed by atoms with van der Waals surface area (Å²) in [5, 5.41) is 2.54. The number of anilines is 1. The molecular formula is C28H24BrClN2O5. The summed E-state index contributed by atoms with van der Waals surface area (Å²) >= 11 is 9.79. The molecule has 0 atom stereocenters. The number of barbiturate groups is 1. The summed E-state index contributed by atoms with van der Waals surface area (Å²) in [7, 11) is 0. The van der Waals surface area contributed by atoms with Crippen LogP contribution in [0.5, 0.6) is 11.5 Å². The van der Waals surface area contributed by atoms with Crippen molar-refractivity contribution in [3.05, 3.63) is 92.9 Å². The normalized spacial score (nSPS) is 14.6. The number of halogens is 2. The lowest BCUT2D eigenvalue weighted by molar-refractivity contribution is -0.122. The number of benzene rings is 3. The molecule has 3 aromatic rings. The molecule has 0 aliphatic carbocycles. The van der Waals surface area contributed by atoms with E-state index in [4.69, 9.17) is 21.1 Å². The number of urea groups is 1. The third-order valence-electron chi connectivity index (χ3n) is 5.54. The average Bonchev–Trinajstić information content (AvgIpc) is 2.88. The van der Waals surface area contributed by atoms with E-state index < -0.39 is 17.8 Å². The SMILES string of the molecule is CCCCOc1ccc(N2C(=O)NC(=O)/C(=C/c3ccc(OCc4ccc(Br)cc4)c(Cl)c3)C2=O)cc1. The molecule has 4 rings (SSSR count). The number of imide groups is 2. The van der Waals surface area contributed by atoms with Gasteiger partial charge in [0.25, 0.3) is 11.8 Å². The molecule has 1 aliphatic heterocycles. The number of hydrogen-bond donors (Lipinski definition) is 1. The first kappa shape index (κ1) is 26.4. The molecule has 1 saturated heterocycles. The molecule has 9 heteroatoms. The van der Waals surface area contributed by atoms with Crippen LogP contribution in [0.2, 0.25) is 5.02 Å².